The number of nitrogens with one attached hydrogen (secondary N) is 1. The third-order valence-electron chi connectivity index (χ3n) is 3.74. The second-order valence-corrected chi connectivity index (χ2v) is 7.29. The fourth-order valence-corrected chi connectivity index (χ4v) is 2.81. The number of rotatable bonds is 5. The van der Waals surface area contributed by atoms with E-state index in [4.69, 9.17) is 0 Å². The minimum atomic E-state index is -0.945. The summed E-state index contributed by atoms with van der Waals surface area (Å²) in [6.07, 6.45) is 1.69. The molecule has 0 aromatic heterocycles. The van der Waals surface area contributed by atoms with Crippen molar-refractivity contribution in [2.75, 3.05) is 20.4 Å². The van der Waals surface area contributed by atoms with Gasteiger partial charge in [-0.2, -0.15) is 0 Å². The molecule has 25 heavy (non-hydrogen) atoms. The van der Waals surface area contributed by atoms with Gasteiger partial charge >= 0.3 is 0 Å². The summed E-state index contributed by atoms with van der Waals surface area (Å²) in [7, 11) is 3.01. The second kappa shape index (κ2) is 10.6. The smallest absolute Gasteiger partial charge is 0.194 e. The van der Waals surface area contributed by atoms with Crippen molar-refractivity contribution in [2.45, 2.75) is 24.4 Å². The maximum atomic E-state index is 11.5. The molecular weight excluding hydrogens is 445 g/mol. The number of nitrogens with zero attached hydrogens (tertiary/aromatic N) is 2. The lowest BCUT2D eigenvalue weighted by Crippen LogP contribution is -2.38. The van der Waals surface area contributed by atoms with Crippen LogP contribution in [0.15, 0.2) is 64.5 Å². The largest absolute Gasteiger partial charge is 0.350 e. The molecule has 0 aliphatic heterocycles. The molecule has 2 rings (SSSR count). The zero-order chi connectivity index (χ0) is 17.5. The summed E-state index contributed by atoms with van der Waals surface area (Å²) in [6, 6.07) is 18.2. The third-order valence-corrected chi connectivity index (χ3v) is 4.67. The molecule has 0 bridgehead atoms. The van der Waals surface area contributed by atoms with E-state index in [1.165, 1.54) is 5.56 Å². The monoisotopic (exact) mass is 471 g/mol. The summed E-state index contributed by atoms with van der Waals surface area (Å²) < 4.78 is 11.5. The maximum Gasteiger partial charge on any atom is 0.194 e. The topological polar surface area (TPSA) is 44.7 Å². The van der Waals surface area contributed by atoms with Crippen molar-refractivity contribution in [3.05, 3.63) is 65.7 Å². The van der Waals surface area contributed by atoms with Gasteiger partial charge in [-0.1, -0.05) is 42.5 Å². The first kappa shape index (κ1) is 21.6. The van der Waals surface area contributed by atoms with Crippen molar-refractivity contribution in [3.8, 4) is 0 Å². The summed E-state index contributed by atoms with van der Waals surface area (Å²) in [4.78, 5) is 7.51. The molecule has 0 saturated heterocycles. The van der Waals surface area contributed by atoms with E-state index in [2.05, 4.69) is 29.4 Å². The Morgan fingerprint density at radius 2 is 1.72 bits per heavy atom. The van der Waals surface area contributed by atoms with Crippen molar-refractivity contribution < 1.29 is 4.21 Å². The molecule has 1 N–H and O–H groups in total. The van der Waals surface area contributed by atoms with Crippen molar-refractivity contribution in [3.63, 3.8) is 0 Å². The van der Waals surface area contributed by atoms with Crippen LogP contribution < -0.4 is 5.32 Å². The van der Waals surface area contributed by atoms with E-state index >= 15 is 0 Å². The summed E-state index contributed by atoms with van der Waals surface area (Å²) in [5.74, 6) is 0.842. The van der Waals surface area contributed by atoms with E-state index in [9.17, 15) is 4.21 Å². The standard InChI is InChI=1S/C19H25N3OS.HI/c1-15(17-10-12-18(13-11-17)24(4)23)21-19(22(2)3)20-14-16-8-6-5-7-9-16;/h5-13,15H,14H2,1-4H3,(H,20,21);1H. The van der Waals surface area contributed by atoms with Gasteiger partial charge in [0, 0.05) is 36.0 Å². The fourth-order valence-electron chi connectivity index (χ4n) is 2.29. The van der Waals surface area contributed by atoms with Gasteiger partial charge in [0.25, 0.3) is 0 Å². The zero-order valence-electron chi connectivity index (χ0n) is 15.1. The van der Waals surface area contributed by atoms with E-state index in [1.54, 1.807) is 6.26 Å². The Kier molecular flexibility index (Phi) is 9.13. The summed E-state index contributed by atoms with van der Waals surface area (Å²) in [5.41, 5.74) is 2.32. The van der Waals surface area contributed by atoms with Gasteiger partial charge in [-0.15, -0.1) is 24.0 Å². The molecule has 2 unspecified atom stereocenters. The number of hydrogen-bond acceptors (Lipinski definition) is 2. The van der Waals surface area contributed by atoms with Gasteiger partial charge in [0.2, 0.25) is 0 Å². The van der Waals surface area contributed by atoms with E-state index in [1.807, 2.05) is 61.5 Å². The van der Waals surface area contributed by atoms with Gasteiger partial charge in [-0.05, 0) is 30.2 Å². The average molecular weight is 471 g/mol. The van der Waals surface area contributed by atoms with Crippen molar-refractivity contribution in [1.29, 1.82) is 0 Å². The molecule has 4 nitrogen and oxygen atoms in total. The van der Waals surface area contributed by atoms with Gasteiger partial charge in [-0.3, -0.25) is 4.21 Å². The Labute approximate surface area is 170 Å². The van der Waals surface area contributed by atoms with Crippen molar-refractivity contribution in [2.24, 2.45) is 4.99 Å². The van der Waals surface area contributed by atoms with Crippen LogP contribution in [0.4, 0.5) is 0 Å². The summed E-state index contributed by atoms with van der Waals surface area (Å²) >= 11 is 0. The van der Waals surface area contributed by atoms with Crippen LogP contribution in [0.5, 0.6) is 0 Å². The molecule has 2 aromatic carbocycles. The molecule has 0 radical (unpaired) electrons. The summed E-state index contributed by atoms with van der Waals surface area (Å²) in [5, 5.41) is 3.45. The molecule has 0 heterocycles. The van der Waals surface area contributed by atoms with Crippen LogP contribution in [0.2, 0.25) is 0 Å². The molecule has 6 heteroatoms. The molecule has 2 aromatic rings. The number of guanidine groups is 1. The molecule has 0 spiro atoms. The lowest BCUT2D eigenvalue weighted by Gasteiger charge is -2.22. The second-order valence-electron chi connectivity index (χ2n) is 5.91. The minimum Gasteiger partial charge on any atom is -0.350 e. The first-order valence-corrected chi connectivity index (χ1v) is 9.49. The Hall–Kier alpha value is -1.41. The zero-order valence-corrected chi connectivity index (χ0v) is 18.2. The lowest BCUT2D eigenvalue weighted by molar-refractivity contribution is 0.553. The van der Waals surface area contributed by atoms with Crippen LogP contribution in [-0.4, -0.2) is 35.4 Å². The molecule has 0 aliphatic rings. The van der Waals surface area contributed by atoms with Crippen LogP contribution in [0.3, 0.4) is 0 Å². The number of halogens is 1. The highest BCUT2D eigenvalue weighted by Crippen LogP contribution is 2.15. The van der Waals surface area contributed by atoms with E-state index in [0.717, 1.165) is 16.4 Å². The van der Waals surface area contributed by atoms with Gasteiger partial charge in [0.1, 0.15) is 0 Å². The SMILES string of the molecule is CC(NC(=NCc1ccccc1)N(C)C)c1ccc(S(C)=O)cc1.I. The Balaban J connectivity index is 0.00000312. The van der Waals surface area contributed by atoms with Gasteiger partial charge < -0.3 is 10.2 Å². The average Bonchev–Trinajstić information content (AvgIpc) is 2.59. The first-order valence-electron chi connectivity index (χ1n) is 7.93. The Morgan fingerprint density at radius 3 is 2.24 bits per heavy atom. The quantitative estimate of drug-likeness (QED) is 0.410. The number of aliphatic imine (C=N–C) groups is 1. The van der Waals surface area contributed by atoms with E-state index in [0.29, 0.717) is 6.54 Å². The van der Waals surface area contributed by atoms with Crippen molar-refractivity contribution in [1.82, 2.24) is 10.2 Å². The molecule has 2 atom stereocenters. The van der Waals surface area contributed by atoms with Gasteiger partial charge in [-0.25, -0.2) is 4.99 Å². The van der Waals surface area contributed by atoms with Crippen molar-refractivity contribution >= 4 is 40.7 Å². The van der Waals surface area contributed by atoms with Crippen LogP contribution in [-0.2, 0) is 17.3 Å². The predicted molar refractivity (Wildman–Crippen MR) is 117 cm³/mol. The molecule has 0 aliphatic carbocycles. The Bertz CT molecular complexity index is 702. The normalized spacial score (nSPS) is 13.5. The molecule has 0 fully saturated rings. The first-order chi connectivity index (χ1) is 11.5. The maximum absolute atomic E-state index is 11.5. The number of hydrogen-bond donors (Lipinski definition) is 1. The van der Waals surface area contributed by atoms with Gasteiger partial charge in [0.15, 0.2) is 5.96 Å². The third kappa shape index (κ3) is 6.78. The highest BCUT2D eigenvalue weighted by Gasteiger charge is 2.10. The number of benzene rings is 2. The highest BCUT2D eigenvalue weighted by molar-refractivity contribution is 14.0. The van der Waals surface area contributed by atoms with E-state index < -0.39 is 10.8 Å². The summed E-state index contributed by atoms with van der Waals surface area (Å²) in [6.45, 7) is 2.74. The molecular formula is C19H26IN3OS. The fraction of sp³-hybridized carbons (Fsp3) is 0.316. The lowest BCUT2D eigenvalue weighted by atomic mass is 10.1. The molecule has 136 valence electrons. The highest BCUT2D eigenvalue weighted by atomic mass is 127. The molecule has 0 saturated carbocycles. The van der Waals surface area contributed by atoms with Crippen LogP contribution in [0.25, 0.3) is 0 Å². The van der Waals surface area contributed by atoms with Crippen LogP contribution >= 0.6 is 24.0 Å². The Morgan fingerprint density at radius 1 is 1.12 bits per heavy atom. The van der Waals surface area contributed by atoms with Crippen LogP contribution in [0.1, 0.15) is 24.1 Å². The minimum absolute atomic E-state index is 0. The van der Waals surface area contributed by atoms with E-state index in [-0.39, 0.29) is 30.0 Å². The predicted octanol–water partition coefficient (Wildman–Crippen LogP) is 3.81. The van der Waals surface area contributed by atoms with Gasteiger partial charge in [0.05, 0.1) is 12.6 Å². The van der Waals surface area contributed by atoms with Crippen LogP contribution in [0, 0.1) is 0 Å². The molecule has 0 amide bonds.